The monoisotopic (exact) mass is 1810 g/mol. The average molecular weight is 1820 g/mol. The number of nitrogens with one attached hydrogen (secondary N) is 5. The molecule has 5 N–H and O–H groups in total. The van der Waals surface area contributed by atoms with Crippen LogP contribution in [0.3, 0.4) is 0 Å². The van der Waals surface area contributed by atoms with Crippen LogP contribution in [0.2, 0.25) is 0 Å². The molecule has 24 heteroatoms. The number of amides is 4. The molecule has 0 spiro atoms. The van der Waals surface area contributed by atoms with Crippen LogP contribution in [0.5, 0.6) is 0 Å². The first kappa shape index (κ1) is 89.1. The van der Waals surface area contributed by atoms with E-state index >= 15 is 0 Å². The zero-order valence-corrected chi connectivity index (χ0v) is 79.3. The molecule has 7 aliphatic heterocycles. The molecule has 3 aliphatic carbocycles. The molecule has 6 aromatic heterocycles. The molecule has 0 bridgehead atoms. The number of aromatic amines is 5. The van der Waals surface area contributed by atoms with Crippen molar-refractivity contribution in [1.82, 2.24) is 84.2 Å². The van der Waals surface area contributed by atoms with Crippen LogP contribution in [0.4, 0.5) is 9.59 Å². The summed E-state index contributed by atoms with van der Waals surface area (Å²) in [5.41, 5.74) is 31.8. The van der Waals surface area contributed by atoms with Gasteiger partial charge in [-0.2, -0.15) is 0 Å². The number of hydrogen-bond acceptors (Lipinski definition) is 15. The van der Waals surface area contributed by atoms with Gasteiger partial charge in [0, 0.05) is 62.2 Å². The number of hydrogen-bond donors (Lipinski definition) is 5. The summed E-state index contributed by atoms with van der Waals surface area (Å²) in [5.74, 6) is 4.86. The van der Waals surface area contributed by atoms with E-state index in [1.54, 1.807) is 4.90 Å². The predicted octanol–water partition coefficient (Wildman–Crippen LogP) is 21.3. The van der Waals surface area contributed by atoms with E-state index in [1.165, 1.54) is 90.7 Å². The maximum Gasteiger partial charge on any atom is 0.410 e. The topological polar surface area (TPSA) is 275 Å². The van der Waals surface area contributed by atoms with E-state index in [4.69, 9.17) is 44.4 Å². The van der Waals surface area contributed by atoms with Gasteiger partial charge in [-0.25, -0.2) is 34.5 Å². The van der Waals surface area contributed by atoms with Gasteiger partial charge in [0.25, 0.3) is 0 Å². The Bertz CT molecular complexity index is 6700. The molecule has 6 fully saturated rings. The smallest absolute Gasteiger partial charge is 0.410 e. The minimum Gasteiger partial charge on any atom is -0.445 e. The van der Waals surface area contributed by atoms with Crippen molar-refractivity contribution in [3.05, 3.63) is 314 Å². The number of ether oxygens (including phenoxy) is 2. The third kappa shape index (κ3) is 18.6. The number of rotatable bonds is 17. The number of benzene rings is 7. The lowest BCUT2D eigenvalue weighted by Gasteiger charge is -2.27. The van der Waals surface area contributed by atoms with Crippen LogP contribution >= 0.6 is 0 Å². The minimum absolute atomic E-state index is 0.00228. The number of likely N-dealkylation sites (tertiary alicyclic amines) is 6. The van der Waals surface area contributed by atoms with Crippen LogP contribution in [-0.2, 0) is 64.2 Å². The molecule has 6 saturated heterocycles. The van der Waals surface area contributed by atoms with E-state index in [-0.39, 0.29) is 66.6 Å². The van der Waals surface area contributed by atoms with E-state index in [2.05, 4.69) is 146 Å². The fourth-order valence-corrected chi connectivity index (χ4v) is 22.3. The Balaban J connectivity index is 0.000000122. The van der Waals surface area contributed by atoms with E-state index in [1.807, 2.05) is 160 Å². The molecule has 13 aromatic rings. The molecule has 13 heterocycles. The van der Waals surface area contributed by atoms with Crippen LogP contribution in [0.1, 0.15) is 274 Å². The number of aromatic nitrogens is 11. The lowest BCUT2D eigenvalue weighted by atomic mass is 9.84. The van der Waals surface area contributed by atoms with Gasteiger partial charge in [-0.3, -0.25) is 39.2 Å². The van der Waals surface area contributed by atoms with Crippen molar-refractivity contribution < 1.29 is 28.7 Å². The third-order valence-electron chi connectivity index (χ3n) is 29.8. The SMILES string of the molecule is CC(C)C(=O)N1CCC[C@H]1C1=NC=C(c2cc3c(cn2)Cc2cc(-c4cnc([C@@H]5CCCN5C(=O)[C@H](C)c5ccccc5)[nH]4)ccc2C3)C1.CN1CCC[C@H]1c1ncc(-c2ccc3c(c2)Cc2ccc(-c4cnc([C@@H]5CCCN5C(=O)OC(C)(C)C)[nH]4)cc2C3)[nH]1.CN1CCC[C@H]1c1ncc(-c2ccc3c(c2)Cc2ccc(-c4cnc([C@@H]5CCCN5C(=O)OCc5ccccc5)[nH]4)cc2C3)[nH]1. The first-order valence-corrected chi connectivity index (χ1v) is 49.3. The van der Waals surface area contributed by atoms with Crippen molar-refractivity contribution in [3.8, 4) is 56.3 Å². The Kier molecular flexibility index (Phi) is 24.9. The molecule has 7 atom stereocenters. The molecule has 0 unspecified atom stereocenters. The predicted molar refractivity (Wildman–Crippen MR) is 529 cm³/mol. The average Bonchev–Trinajstić information content (AvgIpc) is 1.36. The number of imidazole rings is 5. The molecule has 0 radical (unpaired) electrons. The van der Waals surface area contributed by atoms with Crippen molar-refractivity contribution in [2.45, 2.75) is 218 Å². The zero-order chi connectivity index (χ0) is 93.0. The van der Waals surface area contributed by atoms with Gasteiger partial charge in [0.1, 0.15) is 41.3 Å². The van der Waals surface area contributed by atoms with Gasteiger partial charge in [-0.05, 0) is 313 Å². The summed E-state index contributed by atoms with van der Waals surface area (Å²) < 4.78 is 11.3. The molecule has 696 valence electrons. The summed E-state index contributed by atoms with van der Waals surface area (Å²) in [4.78, 5) is 116. The van der Waals surface area contributed by atoms with Crippen molar-refractivity contribution in [2.75, 3.05) is 53.4 Å². The maximum absolute atomic E-state index is 13.5. The number of H-pyrrole nitrogens is 5. The number of carbonyl (C=O) groups excluding carboxylic acids is 4. The molecule has 7 aromatic carbocycles. The molecule has 23 rings (SSSR count). The van der Waals surface area contributed by atoms with E-state index in [0.717, 1.165) is 238 Å². The Morgan fingerprint density at radius 3 is 1.12 bits per heavy atom. The number of pyridine rings is 1. The molecule has 136 heavy (non-hydrogen) atoms. The molecule has 24 nitrogen and oxygen atoms in total. The summed E-state index contributed by atoms with van der Waals surface area (Å²) in [6.07, 6.45) is 31.6. The van der Waals surface area contributed by atoms with Gasteiger partial charge in [-0.15, -0.1) is 0 Å². The number of allylic oxidation sites excluding steroid dienone is 1. The van der Waals surface area contributed by atoms with Gasteiger partial charge in [0.15, 0.2) is 0 Å². The van der Waals surface area contributed by atoms with Gasteiger partial charge in [0.2, 0.25) is 11.8 Å². The van der Waals surface area contributed by atoms with Crippen LogP contribution in [-0.4, -0.2) is 179 Å². The van der Waals surface area contributed by atoms with Crippen LogP contribution in [0, 0.1) is 5.92 Å². The van der Waals surface area contributed by atoms with E-state index < -0.39 is 5.60 Å². The highest BCUT2D eigenvalue weighted by molar-refractivity contribution is 6.03. The van der Waals surface area contributed by atoms with Gasteiger partial charge in [0.05, 0.1) is 107 Å². The van der Waals surface area contributed by atoms with Crippen LogP contribution in [0.25, 0.3) is 61.9 Å². The fraction of sp³-hybridized carbons (Fsp3) is 0.384. The Morgan fingerprint density at radius 2 is 0.721 bits per heavy atom. The van der Waals surface area contributed by atoms with Crippen molar-refractivity contribution in [2.24, 2.45) is 10.9 Å². The standard InChI is InChI=1S/C41H44N6O2.C37H38N6O2.C34H40N6O2/c1-25(2)40(48)46-15-7-11-37(46)35-21-33(23-43-35)34-20-31-17-28-13-14-29(18-30(28)19-32(31)22-42-34)36-24-44-39(45-36)38-12-8-16-47(38)41(49)26(3)27-9-5-4-6-10-27;1-42-15-5-9-33(42)35-38-21-31(40-35)27-13-11-25-18-30-20-28(14-12-26(30)17-29(25)19-27)32-22-39-36(41-32)34-10-6-16-43(34)37(44)45-23-24-7-3-2-4-8-24;1-34(2,3)42-33(41)40-14-6-8-30(40)32-36-20-28(38-32)24-12-10-22-15-25-17-23(11-9-21(25)16-26(22)18-24)27-19-35-31(37-27)29-7-5-13-39(29)4/h4-6,9-10,13-14,18,20,22-26,37-38H,7-8,11-12,15-17,19,21H2,1-3H3,(H,44,45);2-4,7-8,11-14,19-22,33-34H,5-6,9-10,15-18,23H2,1H3,(H,38,40)(H,39,41);9-12,17-20,29-30H,5-8,13-16H2,1-4H3,(H,35,37)(H,36,38)/t26-,37+,38+;33-,34-;29-,30-/m100/s1. The first-order chi connectivity index (χ1) is 66.1. The van der Waals surface area contributed by atoms with E-state index in [0.29, 0.717) is 25.2 Å². The van der Waals surface area contributed by atoms with Crippen molar-refractivity contribution in [1.29, 1.82) is 0 Å². The van der Waals surface area contributed by atoms with Crippen molar-refractivity contribution >= 4 is 35.3 Å². The second-order valence-electron chi connectivity index (χ2n) is 40.3. The maximum atomic E-state index is 13.5. The zero-order valence-electron chi connectivity index (χ0n) is 79.3. The quantitative estimate of drug-likeness (QED) is 0.0567. The lowest BCUT2D eigenvalue weighted by Crippen LogP contribution is -2.42. The second-order valence-corrected chi connectivity index (χ2v) is 40.3. The summed E-state index contributed by atoms with van der Waals surface area (Å²) in [5, 5.41) is 0. The number of aliphatic imine (C=N–C) groups is 1. The highest BCUT2D eigenvalue weighted by atomic mass is 16.6. The van der Waals surface area contributed by atoms with Gasteiger partial charge < -0.3 is 44.2 Å². The number of carbonyl (C=O) groups is 4. The van der Waals surface area contributed by atoms with Gasteiger partial charge >= 0.3 is 12.2 Å². The Hall–Kier alpha value is -13.5. The lowest BCUT2D eigenvalue weighted by molar-refractivity contribution is -0.134. The number of fused-ring (bicyclic) bond motifs is 6. The molecule has 0 saturated carbocycles. The largest absolute Gasteiger partial charge is 0.445 e. The third-order valence-corrected chi connectivity index (χ3v) is 29.8. The summed E-state index contributed by atoms with van der Waals surface area (Å²) in [7, 11) is 4.37. The minimum atomic E-state index is -0.517. The highest BCUT2D eigenvalue weighted by Crippen LogP contribution is 2.44. The Morgan fingerprint density at radius 1 is 0.368 bits per heavy atom. The van der Waals surface area contributed by atoms with E-state index in [9.17, 15) is 19.2 Å². The van der Waals surface area contributed by atoms with Crippen LogP contribution in [0.15, 0.2) is 206 Å². The first-order valence-electron chi connectivity index (χ1n) is 49.3. The molecule has 10 aliphatic rings. The summed E-state index contributed by atoms with van der Waals surface area (Å²) >= 11 is 0. The molecular formula is C112H122N18O6. The molecule has 4 amide bonds. The van der Waals surface area contributed by atoms with Crippen LogP contribution < -0.4 is 0 Å². The summed E-state index contributed by atoms with van der Waals surface area (Å²) in [6, 6.07) is 56.6. The normalized spacial score (nSPS) is 20.2. The fourth-order valence-electron chi connectivity index (χ4n) is 22.3. The van der Waals surface area contributed by atoms with Crippen molar-refractivity contribution in [3.63, 3.8) is 0 Å². The second kappa shape index (κ2) is 38.0. The highest BCUT2D eigenvalue weighted by Gasteiger charge is 2.41. The number of nitrogens with zero attached hydrogens (tertiary/aromatic N) is 13. The molecular weight excluding hydrogens is 1690 g/mol. The Labute approximate surface area is 795 Å². The summed E-state index contributed by atoms with van der Waals surface area (Å²) in [6.45, 7) is 17.1. The van der Waals surface area contributed by atoms with Gasteiger partial charge in [-0.1, -0.05) is 135 Å².